The first-order valence-electron chi connectivity index (χ1n) is 9.59. The lowest BCUT2D eigenvalue weighted by Crippen LogP contribution is -2.17. The number of nitrogens with one attached hydrogen (secondary N) is 2. The van der Waals surface area contributed by atoms with E-state index in [9.17, 15) is 5.26 Å². The number of nitrogens with zero attached hydrogens (tertiary/aromatic N) is 5. The molecule has 7 nitrogen and oxygen atoms in total. The predicted molar refractivity (Wildman–Crippen MR) is 117 cm³/mol. The average Bonchev–Trinajstić information content (AvgIpc) is 3.12. The molecule has 3 aromatic heterocycles. The van der Waals surface area contributed by atoms with Gasteiger partial charge < -0.3 is 15.1 Å². The van der Waals surface area contributed by atoms with Crippen molar-refractivity contribution in [2.45, 2.75) is 27.2 Å². The second-order valence-electron chi connectivity index (χ2n) is 7.71. The minimum absolute atomic E-state index is 0.307. The average molecular weight is 397 g/mol. The zero-order chi connectivity index (χ0) is 21.7. The fourth-order valence-corrected chi connectivity index (χ4v) is 3.05. The Morgan fingerprint density at radius 1 is 1.27 bits per heavy atom. The molecule has 0 amide bonds. The topological polar surface area (TPSA) is 114 Å². The van der Waals surface area contributed by atoms with Crippen molar-refractivity contribution in [1.29, 1.82) is 15.9 Å². The second kappa shape index (κ2) is 8.59. The number of aromatic nitrogens is 3. The van der Waals surface area contributed by atoms with Crippen molar-refractivity contribution >= 4 is 17.4 Å². The van der Waals surface area contributed by atoms with Gasteiger partial charge >= 0.3 is 0 Å². The number of hydrogen-bond donors (Lipinski definition) is 2. The van der Waals surface area contributed by atoms with Gasteiger partial charge in [0.05, 0.1) is 22.9 Å². The highest BCUT2D eigenvalue weighted by molar-refractivity contribution is 6.10. The van der Waals surface area contributed by atoms with Gasteiger partial charge in [-0.05, 0) is 51.5 Å². The molecule has 0 saturated carbocycles. The number of imidazole rings is 1. The summed E-state index contributed by atoms with van der Waals surface area (Å²) in [6, 6.07) is 11.7. The van der Waals surface area contributed by atoms with Crippen LogP contribution < -0.4 is 5.32 Å². The van der Waals surface area contributed by atoms with E-state index in [1.54, 1.807) is 18.3 Å². The van der Waals surface area contributed by atoms with E-state index in [0.29, 0.717) is 29.9 Å². The lowest BCUT2D eigenvalue weighted by atomic mass is 9.91. The predicted octanol–water partition coefficient (Wildman–Crippen LogP) is 4.10. The van der Waals surface area contributed by atoms with Crippen LogP contribution in [0, 0.1) is 40.4 Å². The third-order valence-electron chi connectivity index (χ3n) is 4.78. The Morgan fingerprint density at radius 3 is 2.77 bits per heavy atom. The molecule has 0 spiro atoms. The summed E-state index contributed by atoms with van der Waals surface area (Å²) >= 11 is 0. The molecule has 3 aromatic rings. The normalized spacial score (nSPS) is 11.7. The molecule has 0 aliphatic carbocycles. The summed E-state index contributed by atoms with van der Waals surface area (Å²) in [7, 11) is 0. The second-order valence-corrected chi connectivity index (χ2v) is 7.71. The maximum atomic E-state index is 9.32. The van der Waals surface area contributed by atoms with Crippen molar-refractivity contribution in [3.05, 3.63) is 59.8 Å². The first kappa shape index (κ1) is 20.8. The lowest BCUT2D eigenvalue weighted by Gasteiger charge is -2.15. The SMILES string of the molecule is Cc1cn2ccc(-c3nc(C#N)ccc3/C(C=N)=C/NCCC(C)(C)C#N)cc2n1. The molecule has 7 heteroatoms. The van der Waals surface area contributed by atoms with E-state index in [-0.39, 0.29) is 0 Å². The number of pyridine rings is 2. The van der Waals surface area contributed by atoms with E-state index in [1.807, 2.05) is 49.7 Å². The first-order chi connectivity index (χ1) is 14.4. The van der Waals surface area contributed by atoms with Crippen LogP contribution in [-0.4, -0.2) is 27.1 Å². The smallest absolute Gasteiger partial charge is 0.141 e. The van der Waals surface area contributed by atoms with Crippen LogP contribution in [0.5, 0.6) is 0 Å². The van der Waals surface area contributed by atoms with Crippen molar-refractivity contribution in [2.24, 2.45) is 5.41 Å². The van der Waals surface area contributed by atoms with Gasteiger partial charge in [-0.15, -0.1) is 0 Å². The number of hydrogen-bond acceptors (Lipinski definition) is 6. The fraction of sp³-hybridized carbons (Fsp3) is 0.261. The van der Waals surface area contributed by atoms with Crippen molar-refractivity contribution in [3.8, 4) is 23.4 Å². The lowest BCUT2D eigenvalue weighted by molar-refractivity contribution is 0.447. The van der Waals surface area contributed by atoms with Crippen LogP contribution in [0.25, 0.3) is 22.5 Å². The van der Waals surface area contributed by atoms with Crippen molar-refractivity contribution in [3.63, 3.8) is 0 Å². The Labute approximate surface area is 175 Å². The molecule has 0 radical (unpaired) electrons. The molecule has 0 aliphatic rings. The van der Waals surface area contributed by atoms with Crippen LogP contribution in [0.3, 0.4) is 0 Å². The van der Waals surface area contributed by atoms with Gasteiger partial charge in [0.1, 0.15) is 17.4 Å². The van der Waals surface area contributed by atoms with Gasteiger partial charge in [0, 0.05) is 48.1 Å². The summed E-state index contributed by atoms with van der Waals surface area (Å²) < 4.78 is 1.93. The molecule has 150 valence electrons. The Kier molecular flexibility index (Phi) is 5.94. The minimum Gasteiger partial charge on any atom is -0.390 e. The third-order valence-corrected chi connectivity index (χ3v) is 4.78. The monoisotopic (exact) mass is 397 g/mol. The fourth-order valence-electron chi connectivity index (χ4n) is 3.05. The molecule has 3 rings (SSSR count). The maximum Gasteiger partial charge on any atom is 0.141 e. The van der Waals surface area contributed by atoms with Gasteiger partial charge in [0.25, 0.3) is 0 Å². The molecule has 0 unspecified atom stereocenters. The molecule has 0 bridgehead atoms. The maximum absolute atomic E-state index is 9.32. The molecule has 0 fully saturated rings. The third kappa shape index (κ3) is 4.53. The van der Waals surface area contributed by atoms with E-state index >= 15 is 0 Å². The van der Waals surface area contributed by atoms with E-state index < -0.39 is 5.41 Å². The number of aryl methyl sites for hydroxylation is 1. The highest BCUT2D eigenvalue weighted by Gasteiger charge is 2.16. The van der Waals surface area contributed by atoms with Crippen LogP contribution >= 0.6 is 0 Å². The molecule has 0 aliphatic heterocycles. The van der Waals surface area contributed by atoms with E-state index in [4.69, 9.17) is 10.7 Å². The minimum atomic E-state index is -0.412. The standard InChI is InChI=1S/C23H23N7/c1-16-14-30-9-6-17(10-21(30)28-16)22-20(5-4-19(12-25)29-22)18(11-24)13-27-8-7-23(2,3)15-26/h4-6,9-11,13-14,24,27H,7-8H2,1-3H3/b18-13+,24-11?. The number of fused-ring (bicyclic) bond motifs is 1. The van der Waals surface area contributed by atoms with Crippen LogP contribution in [0.1, 0.15) is 37.2 Å². The van der Waals surface area contributed by atoms with Crippen LogP contribution in [0.15, 0.2) is 42.9 Å². The summed E-state index contributed by atoms with van der Waals surface area (Å²) in [4.78, 5) is 9.01. The van der Waals surface area contributed by atoms with E-state index in [0.717, 1.165) is 22.5 Å². The summed E-state index contributed by atoms with van der Waals surface area (Å²) in [5.74, 6) is 0. The van der Waals surface area contributed by atoms with Crippen LogP contribution in [0.4, 0.5) is 0 Å². The Hall–Kier alpha value is -3.97. The van der Waals surface area contributed by atoms with Gasteiger partial charge in [-0.3, -0.25) is 0 Å². The van der Waals surface area contributed by atoms with Gasteiger partial charge in [-0.2, -0.15) is 10.5 Å². The van der Waals surface area contributed by atoms with Crippen molar-refractivity contribution in [1.82, 2.24) is 19.7 Å². The quantitative estimate of drug-likeness (QED) is 0.460. The number of nitriles is 2. The van der Waals surface area contributed by atoms with Gasteiger partial charge in [0.2, 0.25) is 0 Å². The zero-order valence-corrected chi connectivity index (χ0v) is 17.3. The highest BCUT2D eigenvalue weighted by Crippen LogP contribution is 2.28. The summed E-state index contributed by atoms with van der Waals surface area (Å²) in [6.07, 6.45) is 7.54. The largest absolute Gasteiger partial charge is 0.390 e. The van der Waals surface area contributed by atoms with E-state index in [2.05, 4.69) is 27.4 Å². The molecule has 30 heavy (non-hydrogen) atoms. The summed E-state index contributed by atoms with van der Waals surface area (Å²) in [5.41, 5.74) is 4.41. The van der Waals surface area contributed by atoms with Crippen LogP contribution in [0.2, 0.25) is 0 Å². The first-order valence-corrected chi connectivity index (χ1v) is 9.59. The number of allylic oxidation sites excluding steroid dienone is 1. The molecule has 0 aromatic carbocycles. The van der Waals surface area contributed by atoms with Crippen LogP contribution in [-0.2, 0) is 0 Å². The Balaban J connectivity index is 1.99. The summed E-state index contributed by atoms with van der Waals surface area (Å²) in [5, 5.41) is 29.5. The molecule has 0 saturated heterocycles. The van der Waals surface area contributed by atoms with Gasteiger partial charge in [-0.1, -0.05) is 0 Å². The molecule has 2 N–H and O–H groups in total. The van der Waals surface area contributed by atoms with Crippen molar-refractivity contribution < 1.29 is 0 Å². The van der Waals surface area contributed by atoms with Gasteiger partial charge in [0.15, 0.2) is 0 Å². The van der Waals surface area contributed by atoms with Crippen molar-refractivity contribution in [2.75, 3.05) is 6.54 Å². The van der Waals surface area contributed by atoms with E-state index in [1.165, 1.54) is 6.21 Å². The Bertz CT molecular complexity index is 1200. The summed E-state index contributed by atoms with van der Waals surface area (Å²) in [6.45, 7) is 6.33. The molecule has 0 atom stereocenters. The molecular weight excluding hydrogens is 374 g/mol. The molecule has 3 heterocycles. The van der Waals surface area contributed by atoms with Gasteiger partial charge in [-0.25, -0.2) is 9.97 Å². The Morgan fingerprint density at radius 2 is 2.07 bits per heavy atom. The number of rotatable bonds is 7. The highest BCUT2D eigenvalue weighted by atomic mass is 15.0. The zero-order valence-electron chi connectivity index (χ0n) is 17.3. The molecular formula is C23H23N7.